The van der Waals surface area contributed by atoms with Gasteiger partial charge in [0.15, 0.2) is 0 Å². The highest BCUT2D eigenvalue weighted by molar-refractivity contribution is 5.83. The van der Waals surface area contributed by atoms with Crippen molar-refractivity contribution in [2.24, 2.45) is 5.92 Å². The van der Waals surface area contributed by atoms with Crippen LogP contribution in [0.25, 0.3) is 22.4 Å². The highest BCUT2D eigenvalue weighted by Crippen LogP contribution is 2.34. The summed E-state index contributed by atoms with van der Waals surface area (Å²) >= 11 is 0. The summed E-state index contributed by atoms with van der Waals surface area (Å²) in [5.74, 6) is 2.14. The van der Waals surface area contributed by atoms with Crippen molar-refractivity contribution in [2.45, 2.75) is 26.2 Å². The molecular weight excluding hydrogens is 376 g/mol. The quantitative estimate of drug-likeness (QED) is 0.608. The van der Waals surface area contributed by atoms with Crippen LogP contribution in [0, 0.1) is 5.92 Å². The summed E-state index contributed by atoms with van der Waals surface area (Å²) in [5.41, 5.74) is 2.12. The Hall–Kier alpha value is -2.73. The number of piperazine rings is 1. The molecule has 0 N–H and O–H groups in total. The summed E-state index contributed by atoms with van der Waals surface area (Å²) in [6.07, 6.45) is 5.37. The number of rotatable bonds is 5. The molecule has 156 valence electrons. The van der Waals surface area contributed by atoms with E-state index in [1.165, 1.54) is 19.4 Å². The highest BCUT2D eigenvalue weighted by Gasteiger charge is 2.36. The third-order valence-electron chi connectivity index (χ3n) is 6.66. The van der Waals surface area contributed by atoms with Crippen LogP contribution in [-0.4, -0.2) is 54.2 Å². The van der Waals surface area contributed by atoms with Gasteiger partial charge in [-0.1, -0.05) is 19.1 Å². The Morgan fingerprint density at radius 1 is 1.17 bits per heavy atom. The van der Waals surface area contributed by atoms with Gasteiger partial charge in [-0.3, -0.25) is 0 Å². The Labute approximate surface area is 176 Å². The number of benzene rings is 1. The number of anilines is 1. The minimum atomic E-state index is -0.324. The zero-order valence-electron chi connectivity index (χ0n) is 17.8. The average Bonchev–Trinajstić information content (AvgIpc) is 3.57. The van der Waals surface area contributed by atoms with E-state index in [9.17, 15) is 4.79 Å². The van der Waals surface area contributed by atoms with E-state index in [1.807, 2.05) is 37.3 Å². The fraction of sp³-hybridized carbons (Fsp3) is 0.458. The number of nitrogens with zero attached hydrogens (tertiary/aromatic N) is 4. The molecule has 0 unspecified atom stereocenters. The smallest absolute Gasteiger partial charge is 0.347 e. The van der Waals surface area contributed by atoms with Crippen LogP contribution in [0.15, 0.2) is 45.7 Å². The fourth-order valence-corrected chi connectivity index (χ4v) is 4.68. The van der Waals surface area contributed by atoms with Gasteiger partial charge in [0.25, 0.3) is 0 Å². The van der Waals surface area contributed by atoms with Gasteiger partial charge in [0.05, 0.1) is 56.2 Å². The lowest BCUT2D eigenvalue weighted by Gasteiger charge is -2.42. The molecule has 0 bridgehead atoms. The first-order valence-corrected chi connectivity index (χ1v) is 11.0. The molecule has 5 rings (SSSR count). The van der Waals surface area contributed by atoms with Crippen LogP contribution < -0.4 is 10.5 Å². The molecule has 6 nitrogen and oxygen atoms in total. The molecule has 0 radical (unpaired) electrons. The molecule has 2 aromatic heterocycles. The Morgan fingerprint density at radius 2 is 1.97 bits per heavy atom. The van der Waals surface area contributed by atoms with Crippen molar-refractivity contribution < 1.29 is 8.90 Å². The maximum Gasteiger partial charge on any atom is 0.347 e. The van der Waals surface area contributed by atoms with Gasteiger partial charge in [-0.05, 0) is 43.0 Å². The van der Waals surface area contributed by atoms with Crippen LogP contribution in [0.1, 0.15) is 25.3 Å². The summed E-state index contributed by atoms with van der Waals surface area (Å²) in [6, 6.07) is 9.62. The molecule has 6 heteroatoms. The van der Waals surface area contributed by atoms with E-state index in [-0.39, 0.29) is 5.63 Å². The van der Waals surface area contributed by atoms with Crippen molar-refractivity contribution in [3.05, 3.63) is 52.5 Å². The van der Waals surface area contributed by atoms with Crippen molar-refractivity contribution in [1.29, 1.82) is 0 Å². The van der Waals surface area contributed by atoms with E-state index < -0.39 is 0 Å². The topological polar surface area (TPSA) is 59.2 Å². The summed E-state index contributed by atoms with van der Waals surface area (Å²) in [7, 11) is 2.38. The lowest BCUT2D eigenvalue weighted by molar-refractivity contribution is -0.911. The van der Waals surface area contributed by atoms with Crippen LogP contribution in [0.2, 0.25) is 0 Å². The molecule has 1 aliphatic carbocycles. The third-order valence-corrected chi connectivity index (χ3v) is 6.66. The first kappa shape index (κ1) is 19.2. The van der Waals surface area contributed by atoms with E-state index in [1.54, 1.807) is 6.20 Å². The standard InChI is InChI=1S/C24H29N4O2/c1-3-18-6-4-8-20-21(18)24(29)30-23(26-20)19-7-5-11-25-22(19)27-12-14-28(2,15-13-27)16-17-9-10-17/h4-8,11,17H,3,9-10,12-16H2,1-2H3/q+1. The van der Waals surface area contributed by atoms with Gasteiger partial charge in [0, 0.05) is 12.1 Å². The Bertz CT molecular complexity index is 1130. The second-order valence-corrected chi connectivity index (χ2v) is 9.03. The zero-order chi connectivity index (χ0) is 20.7. The molecule has 3 heterocycles. The Kier molecular flexibility index (Phi) is 4.82. The first-order chi connectivity index (χ1) is 14.6. The molecule has 3 aromatic rings. The van der Waals surface area contributed by atoms with Gasteiger partial charge in [-0.25, -0.2) is 14.8 Å². The molecule has 30 heavy (non-hydrogen) atoms. The van der Waals surface area contributed by atoms with Gasteiger partial charge in [-0.15, -0.1) is 0 Å². The minimum Gasteiger partial charge on any atom is -0.403 e. The van der Waals surface area contributed by atoms with Crippen molar-refractivity contribution >= 4 is 16.7 Å². The average molecular weight is 406 g/mol. The molecule has 1 saturated carbocycles. The van der Waals surface area contributed by atoms with E-state index in [4.69, 9.17) is 9.40 Å². The SMILES string of the molecule is CCc1cccc2nc(-c3cccnc3N3CC[N+](C)(CC4CC4)CC3)oc(=O)c12. The minimum absolute atomic E-state index is 0.324. The first-order valence-electron chi connectivity index (χ1n) is 11.0. The van der Waals surface area contributed by atoms with E-state index in [2.05, 4.69) is 16.9 Å². The second-order valence-electron chi connectivity index (χ2n) is 9.03. The number of pyridine rings is 1. The summed E-state index contributed by atoms with van der Waals surface area (Å²) < 4.78 is 6.86. The zero-order valence-corrected chi connectivity index (χ0v) is 17.8. The summed E-state index contributed by atoms with van der Waals surface area (Å²) in [5, 5.41) is 0.584. The van der Waals surface area contributed by atoms with Crippen LogP contribution in [-0.2, 0) is 6.42 Å². The van der Waals surface area contributed by atoms with Gasteiger partial charge < -0.3 is 13.8 Å². The Morgan fingerprint density at radius 3 is 2.70 bits per heavy atom. The molecular formula is C24H29N4O2+. The van der Waals surface area contributed by atoms with Crippen molar-refractivity contribution in [1.82, 2.24) is 9.97 Å². The van der Waals surface area contributed by atoms with Crippen molar-refractivity contribution in [2.75, 3.05) is 44.7 Å². The number of hydrogen-bond acceptors (Lipinski definition) is 5. The predicted octanol–water partition coefficient (Wildman–Crippen LogP) is 3.49. The summed E-state index contributed by atoms with van der Waals surface area (Å²) in [6.45, 7) is 7.45. The number of fused-ring (bicyclic) bond motifs is 1. The van der Waals surface area contributed by atoms with Crippen LogP contribution in [0.3, 0.4) is 0 Å². The largest absolute Gasteiger partial charge is 0.403 e. The summed E-state index contributed by atoms with van der Waals surface area (Å²) in [4.78, 5) is 24.5. The van der Waals surface area contributed by atoms with Gasteiger partial charge in [0.2, 0.25) is 5.89 Å². The number of quaternary nitrogens is 1. The van der Waals surface area contributed by atoms with E-state index >= 15 is 0 Å². The molecule has 2 fully saturated rings. The maximum absolute atomic E-state index is 12.8. The molecule has 0 spiro atoms. The number of aromatic nitrogens is 2. The molecule has 1 aliphatic heterocycles. The van der Waals surface area contributed by atoms with Gasteiger partial charge >= 0.3 is 5.63 Å². The maximum atomic E-state index is 12.8. The molecule has 0 amide bonds. The molecule has 0 atom stereocenters. The van der Waals surface area contributed by atoms with Crippen molar-refractivity contribution in [3.63, 3.8) is 0 Å². The number of aryl methyl sites for hydroxylation is 1. The third kappa shape index (κ3) is 3.60. The molecule has 1 saturated heterocycles. The van der Waals surface area contributed by atoms with Crippen LogP contribution in [0.5, 0.6) is 0 Å². The van der Waals surface area contributed by atoms with E-state index in [0.717, 1.165) is 59.9 Å². The van der Waals surface area contributed by atoms with E-state index in [0.29, 0.717) is 16.8 Å². The highest BCUT2D eigenvalue weighted by atomic mass is 16.4. The Balaban J connectivity index is 1.48. The fourth-order valence-electron chi connectivity index (χ4n) is 4.68. The van der Waals surface area contributed by atoms with Gasteiger partial charge in [0.1, 0.15) is 5.82 Å². The lowest BCUT2D eigenvalue weighted by atomic mass is 10.1. The lowest BCUT2D eigenvalue weighted by Crippen LogP contribution is -2.58. The predicted molar refractivity (Wildman–Crippen MR) is 119 cm³/mol. The second kappa shape index (κ2) is 7.51. The number of hydrogen-bond donors (Lipinski definition) is 0. The van der Waals surface area contributed by atoms with Gasteiger partial charge in [-0.2, -0.15) is 0 Å². The molecule has 2 aliphatic rings. The normalized spacial score (nSPS) is 18.7. The van der Waals surface area contributed by atoms with Crippen molar-refractivity contribution in [3.8, 4) is 11.5 Å². The molecule has 1 aromatic carbocycles. The monoisotopic (exact) mass is 405 g/mol. The van der Waals surface area contributed by atoms with Crippen LogP contribution in [0.4, 0.5) is 5.82 Å². The number of likely N-dealkylation sites (N-methyl/N-ethyl adjacent to an activating group) is 1. The van der Waals surface area contributed by atoms with Crippen LogP contribution >= 0.6 is 0 Å².